The number of hydrogen-bond donors (Lipinski definition) is 2. The maximum absolute atomic E-state index is 12.4. The van der Waals surface area contributed by atoms with Gasteiger partial charge < -0.3 is 20.1 Å². The van der Waals surface area contributed by atoms with E-state index in [4.69, 9.17) is 16.3 Å². The van der Waals surface area contributed by atoms with Gasteiger partial charge in [-0.2, -0.15) is 9.97 Å². The van der Waals surface area contributed by atoms with Gasteiger partial charge >= 0.3 is 0 Å². The van der Waals surface area contributed by atoms with Gasteiger partial charge in [-0.1, -0.05) is 17.7 Å². The SMILES string of the molecule is O=[S@@]1COc2nc(N3CC=C(c4ncc(Cl)cn4)CC3)nc(NC3(CO)CCC3)c21. The fourth-order valence-corrected chi connectivity index (χ4v) is 4.87. The molecule has 1 saturated carbocycles. The number of nitrogens with one attached hydrogen (secondary N) is 1. The Hall–Kier alpha value is -2.30. The fraction of sp³-hybridized carbons (Fsp3) is 0.474. The summed E-state index contributed by atoms with van der Waals surface area (Å²) in [5.41, 5.74) is 0.640. The maximum Gasteiger partial charge on any atom is 0.238 e. The number of hydrogen-bond acceptors (Lipinski definition) is 9. The van der Waals surface area contributed by atoms with Crippen LogP contribution in [0.4, 0.5) is 11.8 Å². The number of rotatable bonds is 5. The zero-order chi connectivity index (χ0) is 20.7. The predicted molar refractivity (Wildman–Crippen MR) is 113 cm³/mol. The van der Waals surface area contributed by atoms with Gasteiger partial charge in [0.15, 0.2) is 17.6 Å². The van der Waals surface area contributed by atoms with Crippen molar-refractivity contribution in [3.8, 4) is 5.88 Å². The van der Waals surface area contributed by atoms with Gasteiger partial charge in [-0.15, -0.1) is 0 Å². The van der Waals surface area contributed by atoms with E-state index in [9.17, 15) is 9.32 Å². The summed E-state index contributed by atoms with van der Waals surface area (Å²) in [6, 6.07) is 0. The highest BCUT2D eigenvalue weighted by Crippen LogP contribution is 2.40. The Morgan fingerprint density at radius 2 is 2.10 bits per heavy atom. The van der Waals surface area contributed by atoms with Crippen molar-refractivity contribution in [1.82, 2.24) is 19.9 Å². The quantitative estimate of drug-likeness (QED) is 0.708. The topological polar surface area (TPSA) is 113 Å². The van der Waals surface area contributed by atoms with E-state index < -0.39 is 16.3 Å². The van der Waals surface area contributed by atoms with Crippen LogP contribution in [0, 0.1) is 0 Å². The molecule has 158 valence electrons. The predicted octanol–water partition coefficient (Wildman–Crippen LogP) is 2.00. The second-order valence-corrected chi connectivity index (χ2v) is 9.45. The van der Waals surface area contributed by atoms with Gasteiger partial charge in [0.2, 0.25) is 11.8 Å². The molecule has 3 aliphatic rings. The van der Waals surface area contributed by atoms with E-state index in [-0.39, 0.29) is 12.5 Å². The zero-order valence-electron chi connectivity index (χ0n) is 16.2. The first-order valence-electron chi connectivity index (χ1n) is 9.81. The molecule has 1 aliphatic carbocycles. The van der Waals surface area contributed by atoms with Gasteiger partial charge in [-0.3, -0.25) is 4.21 Å². The molecule has 0 unspecified atom stereocenters. The number of anilines is 2. The molecule has 4 heterocycles. The molecular weight excluding hydrogens is 428 g/mol. The third-order valence-electron chi connectivity index (χ3n) is 5.75. The standard InChI is InChI=1S/C19H21ClN6O3S/c20-13-8-21-15(22-9-13)12-2-6-26(7-3-12)18-23-16(25-19(10-27)4-1-5-19)14-17(24-18)29-11-30(14)28/h2,8-9,27H,1,3-7,10-11H2,(H,23,24,25)/t30-/m1/s1. The van der Waals surface area contributed by atoms with Crippen molar-refractivity contribution in [3.63, 3.8) is 0 Å². The maximum atomic E-state index is 12.4. The third-order valence-corrected chi connectivity index (χ3v) is 7.10. The molecule has 0 radical (unpaired) electrons. The first-order chi connectivity index (χ1) is 14.6. The molecule has 2 aromatic heterocycles. The van der Waals surface area contributed by atoms with Crippen LogP contribution in [0.3, 0.4) is 0 Å². The van der Waals surface area contributed by atoms with Crippen LogP contribution < -0.4 is 15.0 Å². The van der Waals surface area contributed by atoms with Crippen LogP contribution in [0.1, 0.15) is 31.5 Å². The van der Waals surface area contributed by atoms with E-state index in [0.29, 0.717) is 46.5 Å². The second kappa shape index (κ2) is 7.75. The molecule has 2 aliphatic heterocycles. The molecule has 0 bridgehead atoms. The highest BCUT2D eigenvalue weighted by atomic mass is 35.5. The lowest BCUT2D eigenvalue weighted by atomic mass is 9.77. The molecule has 5 rings (SSSR count). The van der Waals surface area contributed by atoms with Crippen molar-refractivity contribution in [2.24, 2.45) is 0 Å². The van der Waals surface area contributed by atoms with Crippen LogP contribution in [0.15, 0.2) is 23.4 Å². The first-order valence-corrected chi connectivity index (χ1v) is 11.5. The Morgan fingerprint density at radius 3 is 2.73 bits per heavy atom. The monoisotopic (exact) mass is 448 g/mol. The highest BCUT2D eigenvalue weighted by molar-refractivity contribution is 7.85. The Kier molecular flexibility index (Phi) is 5.08. The van der Waals surface area contributed by atoms with E-state index in [0.717, 1.165) is 31.3 Å². The lowest BCUT2D eigenvalue weighted by Gasteiger charge is -2.41. The van der Waals surface area contributed by atoms with Crippen molar-refractivity contribution in [2.45, 2.75) is 36.1 Å². The Balaban J connectivity index is 1.42. The van der Waals surface area contributed by atoms with Gasteiger partial charge in [0.25, 0.3) is 0 Å². The van der Waals surface area contributed by atoms with Crippen molar-refractivity contribution in [1.29, 1.82) is 0 Å². The molecule has 0 spiro atoms. The van der Waals surface area contributed by atoms with Crippen LogP contribution in [0.5, 0.6) is 5.88 Å². The molecule has 0 amide bonds. The molecule has 1 fully saturated rings. The normalized spacial score (nSPS) is 22.0. The summed E-state index contributed by atoms with van der Waals surface area (Å²) >= 11 is 5.87. The number of halogens is 1. The van der Waals surface area contributed by atoms with Crippen LogP contribution >= 0.6 is 11.6 Å². The van der Waals surface area contributed by atoms with Gasteiger partial charge in [0, 0.05) is 25.5 Å². The van der Waals surface area contributed by atoms with Gasteiger partial charge in [-0.25, -0.2) is 9.97 Å². The first kappa shape index (κ1) is 19.7. The number of aliphatic hydroxyl groups excluding tert-OH is 1. The van der Waals surface area contributed by atoms with Crippen LogP contribution in [-0.4, -0.2) is 60.4 Å². The van der Waals surface area contributed by atoms with Crippen molar-refractivity contribution in [2.75, 3.05) is 35.9 Å². The minimum absolute atomic E-state index is 0.00546. The van der Waals surface area contributed by atoms with Gasteiger partial charge in [0.1, 0.15) is 15.7 Å². The number of aliphatic hydroxyl groups is 1. The number of nitrogens with zero attached hydrogens (tertiary/aromatic N) is 5. The summed E-state index contributed by atoms with van der Waals surface area (Å²) < 4.78 is 18.0. The van der Waals surface area contributed by atoms with Crippen LogP contribution in [-0.2, 0) is 10.8 Å². The van der Waals surface area contributed by atoms with Crippen LogP contribution in [0.25, 0.3) is 5.57 Å². The molecular formula is C19H21ClN6O3S. The smallest absolute Gasteiger partial charge is 0.238 e. The Morgan fingerprint density at radius 1 is 1.30 bits per heavy atom. The average molecular weight is 449 g/mol. The summed E-state index contributed by atoms with van der Waals surface area (Å²) in [5.74, 6) is 2.10. The van der Waals surface area contributed by atoms with Gasteiger partial charge in [0.05, 0.1) is 17.2 Å². The molecule has 2 aromatic rings. The number of ether oxygens (including phenoxy) is 1. The number of aromatic nitrogens is 4. The van der Waals surface area contributed by atoms with Crippen molar-refractivity contribution < 1.29 is 14.1 Å². The largest absolute Gasteiger partial charge is 0.463 e. The minimum atomic E-state index is -1.32. The second-order valence-electron chi connectivity index (χ2n) is 7.68. The van der Waals surface area contributed by atoms with E-state index in [2.05, 4.69) is 31.3 Å². The average Bonchev–Trinajstić information content (AvgIpc) is 3.12. The third kappa shape index (κ3) is 3.52. The van der Waals surface area contributed by atoms with Crippen LogP contribution in [0.2, 0.25) is 5.02 Å². The zero-order valence-corrected chi connectivity index (χ0v) is 17.7. The summed E-state index contributed by atoms with van der Waals surface area (Å²) in [6.07, 6.45) is 8.71. The fourth-order valence-electron chi connectivity index (χ4n) is 3.83. The summed E-state index contributed by atoms with van der Waals surface area (Å²) in [4.78, 5) is 20.3. The minimum Gasteiger partial charge on any atom is -0.463 e. The van der Waals surface area contributed by atoms with Crippen molar-refractivity contribution >= 4 is 39.7 Å². The summed E-state index contributed by atoms with van der Waals surface area (Å²) in [6.45, 7) is 1.28. The van der Waals surface area contributed by atoms with Gasteiger partial charge in [-0.05, 0) is 31.3 Å². The molecule has 30 heavy (non-hydrogen) atoms. The van der Waals surface area contributed by atoms with E-state index >= 15 is 0 Å². The molecule has 11 heteroatoms. The summed E-state index contributed by atoms with van der Waals surface area (Å²) in [5, 5.41) is 13.7. The molecule has 1 atom stereocenters. The Labute approximate surface area is 181 Å². The number of fused-ring (bicyclic) bond motifs is 1. The van der Waals surface area contributed by atoms with E-state index in [1.54, 1.807) is 12.4 Å². The lowest BCUT2D eigenvalue weighted by molar-refractivity contribution is 0.143. The molecule has 9 nitrogen and oxygen atoms in total. The van der Waals surface area contributed by atoms with Crippen molar-refractivity contribution in [3.05, 3.63) is 29.3 Å². The Bertz CT molecular complexity index is 1020. The molecule has 0 saturated heterocycles. The highest BCUT2D eigenvalue weighted by Gasteiger charge is 2.39. The van der Waals surface area contributed by atoms with E-state index in [1.807, 2.05) is 4.90 Å². The summed E-state index contributed by atoms with van der Waals surface area (Å²) in [7, 11) is -1.32. The molecule has 2 N–H and O–H groups in total. The van der Waals surface area contributed by atoms with E-state index in [1.165, 1.54) is 0 Å². The molecule has 0 aromatic carbocycles. The lowest BCUT2D eigenvalue weighted by Crippen LogP contribution is -2.48.